The minimum atomic E-state index is -0.929. The van der Waals surface area contributed by atoms with Crippen molar-refractivity contribution in [2.75, 3.05) is 39.4 Å². The third-order valence-electron chi connectivity index (χ3n) is 7.58. The highest BCUT2D eigenvalue weighted by Gasteiger charge is 2.51. The molecule has 0 spiro atoms. The second kappa shape index (κ2) is 11.4. The summed E-state index contributed by atoms with van der Waals surface area (Å²) in [6.07, 6.45) is 1.51. The average Bonchev–Trinajstić information content (AvgIpc) is 3.40. The summed E-state index contributed by atoms with van der Waals surface area (Å²) >= 11 is 7.71. The Labute approximate surface area is 231 Å². The smallest absolute Gasteiger partial charge is 0.254 e. The number of hydrogen-bond donors (Lipinski definition) is 0. The molecule has 2 saturated heterocycles. The van der Waals surface area contributed by atoms with E-state index in [1.165, 1.54) is 0 Å². The van der Waals surface area contributed by atoms with E-state index in [-0.39, 0.29) is 17.7 Å². The molecule has 7 nitrogen and oxygen atoms in total. The van der Waals surface area contributed by atoms with E-state index in [9.17, 15) is 14.4 Å². The van der Waals surface area contributed by atoms with Gasteiger partial charge < -0.3 is 19.4 Å². The van der Waals surface area contributed by atoms with Gasteiger partial charge in [0.2, 0.25) is 11.8 Å². The molecule has 2 fully saturated rings. The van der Waals surface area contributed by atoms with Crippen molar-refractivity contribution in [3.05, 3.63) is 70.1 Å². The van der Waals surface area contributed by atoms with Gasteiger partial charge in [-0.25, -0.2) is 0 Å². The number of amides is 3. The van der Waals surface area contributed by atoms with Gasteiger partial charge in [0.1, 0.15) is 5.54 Å². The minimum absolute atomic E-state index is 0.0858. The van der Waals surface area contributed by atoms with Crippen LogP contribution in [0, 0.1) is 0 Å². The maximum Gasteiger partial charge on any atom is 0.254 e. The molecule has 3 heterocycles. The fourth-order valence-electron chi connectivity index (χ4n) is 5.16. The van der Waals surface area contributed by atoms with E-state index >= 15 is 0 Å². The lowest BCUT2D eigenvalue weighted by molar-refractivity contribution is -0.150. The molecule has 0 bridgehead atoms. The maximum atomic E-state index is 14.0. The van der Waals surface area contributed by atoms with Crippen molar-refractivity contribution >= 4 is 50.7 Å². The van der Waals surface area contributed by atoms with Gasteiger partial charge >= 0.3 is 0 Å². The van der Waals surface area contributed by atoms with Gasteiger partial charge in [0, 0.05) is 54.4 Å². The van der Waals surface area contributed by atoms with Gasteiger partial charge in [0.05, 0.1) is 13.2 Å². The van der Waals surface area contributed by atoms with Crippen LogP contribution in [0.3, 0.4) is 0 Å². The van der Waals surface area contributed by atoms with E-state index in [0.29, 0.717) is 75.8 Å². The van der Waals surface area contributed by atoms with Crippen LogP contribution in [0.5, 0.6) is 0 Å². The Hall–Kier alpha value is -2.94. The minimum Gasteiger partial charge on any atom is -0.378 e. The summed E-state index contributed by atoms with van der Waals surface area (Å²) in [5.74, 6) is -0.140. The van der Waals surface area contributed by atoms with Crippen molar-refractivity contribution in [1.29, 1.82) is 0 Å². The first kappa shape index (κ1) is 26.7. The zero-order valence-corrected chi connectivity index (χ0v) is 23.1. The van der Waals surface area contributed by atoms with Gasteiger partial charge in [-0.3, -0.25) is 14.4 Å². The van der Waals surface area contributed by atoms with Crippen molar-refractivity contribution in [2.24, 2.45) is 0 Å². The van der Waals surface area contributed by atoms with Gasteiger partial charge in [0.15, 0.2) is 0 Å². The van der Waals surface area contributed by atoms with Gasteiger partial charge in [0.25, 0.3) is 5.91 Å². The van der Waals surface area contributed by atoms with Gasteiger partial charge in [-0.15, -0.1) is 11.3 Å². The Bertz CT molecular complexity index is 1320. The third kappa shape index (κ3) is 5.58. The summed E-state index contributed by atoms with van der Waals surface area (Å²) in [5, 5.41) is 3.67. The number of carbonyl (C=O) groups is 3. The van der Waals surface area contributed by atoms with E-state index in [1.54, 1.807) is 21.1 Å². The van der Waals surface area contributed by atoms with Crippen LogP contribution in [0.1, 0.15) is 42.1 Å². The van der Waals surface area contributed by atoms with Crippen molar-refractivity contribution in [1.82, 2.24) is 14.7 Å². The van der Waals surface area contributed by atoms with Crippen molar-refractivity contribution in [2.45, 2.75) is 38.3 Å². The highest BCUT2D eigenvalue weighted by atomic mass is 35.5. The van der Waals surface area contributed by atoms with Crippen LogP contribution in [0.4, 0.5) is 0 Å². The number of carbonyl (C=O) groups excluding carboxylic acids is 3. The molecule has 1 aromatic heterocycles. The Morgan fingerprint density at radius 1 is 1.05 bits per heavy atom. The number of hydrogen-bond acceptors (Lipinski definition) is 5. The first-order chi connectivity index (χ1) is 18.3. The van der Waals surface area contributed by atoms with Crippen molar-refractivity contribution in [3.8, 4) is 0 Å². The predicted octanol–water partition coefficient (Wildman–Crippen LogP) is 4.83. The Morgan fingerprint density at radius 2 is 1.82 bits per heavy atom. The number of nitrogens with zero attached hydrogens (tertiary/aromatic N) is 3. The SMILES string of the molecule is CC1(C(=O)N(CCCC(=O)N2CCOCC2)Cc2ccc(Cl)cc2)CCN1C(=O)c1ccc2sccc2c1. The summed E-state index contributed by atoms with van der Waals surface area (Å²) in [6.45, 7) is 5.55. The van der Waals surface area contributed by atoms with Crippen LogP contribution >= 0.6 is 22.9 Å². The number of thiophene rings is 1. The largest absolute Gasteiger partial charge is 0.378 e. The lowest BCUT2D eigenvalue weighted by Gasteiger charge is -2.51. The molecule has 9 heteroatoms. The Kier molecular flexibility index (Phi) is 8.02. The molecule has 200 valence electrons. The summed E-state index contributed by atoms with van der Waals surface area (Å²) < 4.78 is 6.47. The highest BCUT2D eigenvalue weighted by molar-refractivity contribution is 7.17. The molecule has 0 N–H and O–H groups in total. The molecule has 5 rings (SSSR count). The molecular formula is C29H32ClN3O4S. The zero-order chi connectivity index (χ0) is 26.7. The number of rotatable bonds is 8. The molecule has 2 aliphatic rings. The molecule has 1 atom stereocenters. The van der Waals surface area contributed by atoms with E-state index in [4.69, 9.17) is 16.3 Å². The van der Waals surface area contributed by atoms with Crippen LogP contribution in [0.15, 0.2) is 53.9 Å². The summed E-state index contributed by atoms with van der Waals surface area (Å²) in [6, 6.07) is 15.1. The molecule has 3 aromatic rings. The lowest BCUT2D eigenvalue weighted by Crippen LogP contribution is -2.67. The van der Waals surface area contributed by atoms with E-state index in [1.807, 2.05) is 65.7 Å². The lowest BCUT2D eigenvalue weighted by atomic mass is 9.84. The standard InChI is InChI=1S/C29H32ClN3O4S/c1-29(11-13-33(29)27(35)23-6-9-25-22(19-23)10-18-38-25)28(36)32(20-21-4-7-24(30)8-5-21)12-2-3-26(34)31-14-16-37-17-15-31/h4-10,18-19H,2-3,11-17,20H2,1H3. The molecule has 3 amide bonds. The number of morpholine rings is 1. The number of likely N-dealkylation sites (tertiary alicyclic amines) is 1. The van der Waals surface area contributed by atoms with Crippen molar-refractivity contribution in [3.63, 3.8) is 0 Å². The molecular weight excluding hydrogens is 522 g/mol. The van der Waals surface area contributed by atoms with Crippen LogP contribution in [-0.4, -0.2) is 77.4 Å². The summed E-state index contributed by atoms with van der Waals surface area (Å²) in [4.78, 5) is 45.5. The second-order valence-corrected chi connectivity index (χ2v) is 11.5. The molecule has 0 saturated carbocycles. The van der Waals surface area contributed by atoms with Gasteiger partial charge in [-0.05, 0) is 72.5 Å². The Balaban J connectivity index is 1.30. The monoisotopic (exact) mass is 553 g/mol. The number of benzene rings is 2. The van der Waals surface area contributed by atoms with Crippen LogP contribution in [-0.2, 0) is 20.9 Å². The molecule has 2 aliphatic heterocycles. The molecule has 0 radical (unpaired) electrons. The van der Waals surface area contributed by atoms with Crippen molar-refractivity contribution < 1.29 is 19.1 Å². The van der Waals surface area contributed by atoms with E-state index < -0.39 is 5.54 Å². The highest BCUT2D eigenvalue weighted by Crippen LogP contribution is 2.35. The first-order valence-corrected chi connectivity index (χ1v) is 14.3. The summed E-state index contributed by atoms with van der Waals surface area (Å²) in [5.41, 5.74) is 0.613. The van der Waals surface area contributed by atoms with E-state index in [0.717, 1.165) is 15.6 Å². The number of fused-ring (bicyclic) bond motifs is 1. The topological polar surface area (TPSA) is 70.2 Å². The van der Waals surface area contributed by atoms with E-state index in [2.05, 4.69) is 0 Å². The maximum absolute atomic E-state index is 14.0. The Morgan fingerprint density at radius 3 is 2.53 bits per heavy atom. The van der Waals surface area contributed by atoms with Crippen LogP contribution < -0.4 is 0 Å². The predicted molar refractivity (Wildman–Crippen MR) is 149 cm³/mol. The molecule has 1 unspecified atom stereocenters. The number of halogens is 1. The quantitative estimate of drug-likeness (QED) is 0.401. The van der Waals surface area contributed by atoms with Gasteiger partial charge in [-0.2, -0.15) is 0 Å². The fraction of sp³-hybridized carbons (Fsp3) is 0.414. The second-order valence-electron chi connectivity index (χ2n) is 10.1. The molecule has 2 aromatic carbocycles. The van der Waals surface area contributed by atoms with Crippen LogP contribution in [0.25, 0.3) is 10.1 Å². The van der Waals surface area contributed by atoms with Gasteiger partial charge in [-0.1, -0.05) is 23.7 Å². The number of ether oxygens (including phenoxy) is 1. The first-order valence-electron chi connectivity index (χ1n) is 13.0. The summed E-state index contributed by atoms with van der Waals surface area (Å²) in [7, 11) is 0. The average molecular weight is 554 g/mol. The van der Waals surface area contributed by atoms with Crippen LogP contribution in [0.2, 0.25) is 5.02 Å². The molecule has 38 heavy (non-hydrogen) atoms. The molecule has 0 aliphatic carbocycles. The third-order valence-corrected chi connectivity index (χ3v) is 8.73. The normalized spacial score (nSPS) is 19.3. The fourth-order valence-corrected chi connectivity index (χ4v) is 6.05. The zero-order valence-electron chi connectivity index (χ0n) is 21.5.